The molecule has 1 atom stereocenters. The summed E-state index contributed by atoms with van der Waals surface area (Å²) in [7, 11) is 0. The average Bonchev–Trinajstić information content (AvgIpc) is 2.11. The highest BCUT2D eigenvalue weighted by atomic mass is 35.5. The highest BCUT2D eigenvalue weighted by Crippen LogP contribution is 2.24. The average molecular weight is 220 g/mol. The van der Waals surface area contributed by atoms with Gasteiger partial charge in [0.2, 0.25) is 0 Å². The van der Waals surface area contributed by atoms with E-state index in [1.165, 1.54) is 0 Å². The molecule has 0 unspecified atom stereocenters. The van der Waals surface area contributed by atoms with Gasteiger partial charge in [0, 0.05) is 11.6 Å². The zero-order valence-electron chi connectivity index (χ0n) is 7.86. The summed E-state index contributed by atoms with van der Waals surface area (Å²) in [5.74, 6) is -1.07. The third kappa shape index (κ3) is 2.66. The van der Waals surface area contributed by atoms with Crippen molar-refractivity contribution in [3.05, 3.63) is 34.4 Å². The molecule has 0 spiro atoms. The van der Waals surface area contributed by atoms with E-state index < -0.39 is 11.6 Å². The van der Waals surface area contributed by atoms with Crippen molar-refractivity contribution in [2.45, 2.75) is 25.8 Å². The molecule has 78 valence electrons. The van der Waals surface area contributed by atoms with Gasteiger partial charge in [0.25, 0.3) is 0 Å². The maximum Gasteiger partial charge on any atom is 0.142 e. The first kappa shape index (κ1) is 11.4. The van der Waals surface area contributed by atoms with Crippen LogP contribution in [0, 0.1) is 11.6 Å². The van der Waals surface area contributed by atoms with Crippen molar-refractivity contribution in [1.29, 1.82) is 0 Å². The SMILES string of the molecule is C[C@H](N)CCc1c(F)ccc(F)c1Cl. The standard InChI is InChI=1S/C10H12ClF2N/c1-6(14)2-3-7-8(12)4-5-9(13)10(7)11/h4-6H,2-3,14H2,1H3/t6-/m0/s1. The van der Waals surface area contributed by atoms with Crippen LogP contribution in [0.2, 0.25) is 5.02 Å². The Labute approximate surface area is 86.9 Å². The van der Waals surface area contributed by atoms with Crippen molar-refractivity contribution in [2.24, 2.45) is 5.73 Å². The first-order chi connectivity index (χ1) is 6.52. The van der Waals surface area contributed by atoms with Gasteiger partial charge in [-0.1, -0.05) is 11.6 Å². The molecule has 0 saturated carbocycles. The second-order valence-corrected chi connectivity index (χ2v) is 3.72. The maximum absolute atomic E-state index is 13.2. The molecular weight excluding hydrogens is 208 g/mol. The molecule has 2 N–H and O–H groups in total. The topological polar surface area (TPSA) is 26.0 Å². The van der Waals surface area contributed by atoms with Crippen LogP contribution < -0.4 is 5.73 Å². The van der Waals surface area contributed by atoms with Gasteiger partial charge in [0.05, 0.1) is 5.02 Å². The zero-order chi connectivity index (χ0) is 10.7. The van der Waals surface area contributed by atoms with Crippen LogP contribution in [0.15, 0.2) is 12.1 Å². The highest BCUT2D eigenvalue weighted by Gasteiger charge is 2.11. The van der Waals surface area contributed by atoms with Crippen molar-refractivity contribution in [1.82, 2.24) is 0 Å². The lowest BCUT2D eigenvalue weighted by Crippen LogP contribution is -2.15. The summed E-state index contributed by atoms with van der Waals surface area (Å²) < 4.78 is 26.1. The Morgan fingerprint density at radius 1 is 1.36 bits per heavy atom. The molecule has 0 radical (unpaired) electrons. The van der Waals surface area contributed by atoms with Crippen LogP contribution >= 0.6 is 11.6 Å². The Kier molecular flexibility index (Phi) is 3.84. The van der Waals surface area contributed by atoms with Gasteiger partial charge in [0.15, 0.2) is 0 Å². The van der Waals surface area contributed by atoms with Gasteiger partial charge in [-0.15, -0.1) is 0 Å². The summed E-state index contributed by atoms with van der Waals surface area (Å²) in [6.07, 6.45) is 0.945. The minimum atomic E-state index is -0.590. The second kappa shape index (κ2) is 4.71. The molecule has 0 heterocycles. The van der Waals surface area contributed by atoms with Crippen LogP contribution in [0.4, 0.5) is 8.78 Å². The van der Waals surface area contributed by atoms with Crippen molar-refractivity contribution in [3.8, 4) is 0 Å². The number of hydrogen-bond donors (Lipinski definition) is 1. The number of hydrogen-bond acceptors (Lipinski definition) is 1. The van der Waals surface area contributed by atoms with Gasteiger partial charge in [-0.2, -0.15) is 0 Å². The number of benzene rings is 1. The predicted octanol–water partition coefficient (Wildman–Crippen LogP) is 2.90. The van der Waals surface area contributed by atoms with Crippen LogP contribution in [0.1, 0.15) is 18.9 Å². The van der Waals surface area contributed by atoms with Gasteiger partial charge in [-0.05, 0) is 31.9 Å². The largest absolute Gasteiger partial charge is 0.328 e. The molecule has 0 bridgehead atoms. The molecule has 0 aliphatic heterocycles. The van der Waals surface area contributed by atoms with E-state index in [2.05, 4.69) is 0 Å². The quantitative estimate of drug-likeness (QED) is 0.778. The summed E-state index contributed by atoms with van der Waals surface area (Å²) in [6.45, 7) is 1.81. The van der Waals surface area contributed by atoms with Crippen LogP contribution in [0.25, 0.3) is 0 Å². The van der Waals surface area contributed by atoms with Crippen molar-refractivity contribution in [2.75, 3.05) is 0 Å². The van der Waals surface area contributed by atoms with Gasteiger partial charge < -0.3 is 5.73 Å². The summed E-state index contributed by atoms with van der Waals surface area (Å²) in [4.78, 5) is 0. The Balaban J connectivity index is 2.89. The fourth-order valence-electron chi connectivity index (χ4n) is 1.17. The van der Waals surface area contributed by atoms with Crippen LogP contribution in [-0.4, -0.2) is 6.04 Å². The third-order valence-electron chi connectivity index (χ3n) is 1.99. The van der Waals surface area contributed by atoms with E-state index in [9.17, 15) is 8.78 Å². The smallest absolute Gasteiger partial charge is 0.142 e. The van der Waals surface area contributed by atoms with Gasteiger partial charge in [0.1, 0.15) is 11.6 Å². The molecule has 0 fully saturated rings. The first-order valence-corrected chi connectivity index (χ1v) is 4.78. The molecule has 0 aromatic heterocycles. The van der Waals surface area contributed by atoms with E-state index in [0.29, 0.717) is 12.8 Å². The maximum atomic E-state index is 13.2. The number of halogens is 3. The zero-order valence-corrected chi connectivity index (χ0v) is 8.61. The summed E-state index contributed by atoms with van der Waals surface area (Å²) >= 11 is 5.63. The van der Waals surface area contributed by atoms with Gasteiger partial charge in [-0.3, -0.25) is 0 Å². The molecule has 0 aliphatic carbocycles. The first-order valence-electron chi connectivity index (χ1n) is 4.40. The van der Waals surface area contributed by atoms with Crippen LogP contribution in [-0.2, 0) is 6.42 Å². The molecule has 0 amide bonds. The third-order valence-corrected chi connectivity index (χ3v) is 2.40. The summed E-state index contributed by atoms with van der Waals surface area (Å²) in [6, 6.07) is 2.05. The second-order valence-electron chi connectivity index (χ2n) is 3.34. The molecule has 1 aromatic carbocycles. The molecule has 0 aliphatic rings. The summed E-state index contributed by atoms with van der Waals surface area (Å²) in [5, 5.41) is -0.134. The Morgan fingerprint density at radius 2 is 1.93 bits per heavy atom. The fourth-order valence-corrected chi connectivity index (χ4v) is 1.42. The number of nitrogens with two attached hydrogens (primary N) is 1. The van der Waals surface area contributed by atoms with E-state index in [0.717, 1.165) is 12.1 Å². The van der Waals surface area contributed by atoms with Crippen molar-refractivity contribution in [3.63, 3.8) is 0 Å². The molecule has 1 rings (SSSR count). The molecule has 4 heteroatoms. The molecule has 14 heavy (non-hydrogen) atoms. The van der Waals surface area contributed by atoms with E-state index in [-0.39, 0.29) is 16.6 Å². The van der Waals surface area contributed by atoms with Crippen molar-refractivity contribution >= 4 is 11.6 Å². The molecular formula is C10H12ClF2N. The Hall–Kier alpha value is -0.670. The minimum absolute atomic E-state index is 0.0475. The normalized spacial score (nSPS) is 12.9. The predicted molar refractivity (Wildman–Crippen MR) is 53.3 cm³/mol. The monoisotopic (exact) mass is 219 g/mol. The molecule has 0 saturated heterocycles. The van der Waals surface area contributed by atoms with Crippen molar-refractivity contribution < 1.29 is 8.78 Å². The number of rotatable bonds is 3. The van der Waals surface area contributed by atoms with E-state index in [4.69, 9.17) is 17.3 Å². The highest BCUT2D eigenvalue weighted by molar-refractivity contribution is 6.31. The Morgan fingerprint density at radius 3 is 2.50 bits per heavy atom. The van der Waals surface area contributed by atoms with Crippen LogP contribution in [0.3, 0.4) is 0 Å². The molecule has 1 nitrogen and oxygen atoms in total. The van der Waals surface area contributed by atoms with Crippen LogP contribution in [0.5, 0.6) is 0 Å². The van der Waals surface area contributed by atoms with E-state index in [1.807, 2.05) is 6.92 Å². The van der Waals surface area contributed by atoms with Gasteiger partial charge in [-0.25, -0.2) is 8.78 Å². The molecule has 1 aromatic rings. The van der Waals surface area contributed by atoms with Gasteiger partial charge >= 0.3 is 0 Å². The fraction of sp³-hybridized carbons (Fsp3) is 0.400. The minimum Gasteiger partial charge on any atom is -0.328 e. The Bertz CT molecular complexity index is 326. The lowest BCUT2D eigenvalue weighted by atomic mass is 10.1. The lowest BCUT2D eigenvalue weighted by molar-refractivity contribution is 0.572. The summed E-state index contributed by atoms with van der Waals surface area (Å²) in [5.41, 5.74) is 5.73. The van der Waals surface area contributed by atoms with E-state index >= 15 is 0 Å². The lowest BCUT2D eigenvalue weighted by Gasteiger charge is -2.08. The van der Waals surface area contributed by atoms with E-state index in [1.54, 1.807) is 0 Å².